The van der Waals surface area contributed by atoms with E-state index in [0.717, 1.165) is 42.1 Å². The van der Waals surface area contributed by atoms with Crippen molar-refractivity contribution in [2.24, 2.45) is 0 Å². The number of H-pyrrole nitrogens is 1. The lowest BCUT2D eigenvalue weighted by Crippen LogP contribution is -2.05. The largest absolute Gasteiger partial charge is 0.398 e. The molecule has 0 atom stereocenters. The molecule has 0 aliphatic carbocycles. The molecule has 1 heterocycles. The van der Waals surface area contributed by atoms with Crippen molar-refractivity contribution in [3.63, 3.8) is 0 Å². The van der Waals surface area contributed by atoms with E-state index in [1.54, 1.807) is 6.20 Å². The predicted molar refractivity (Wildman–Crippen MR) is 71.0 cm³/mol. The number of benzene rings is 1. The molecule has 4 N–H and O–H groups in total. The fourth-order valence-electron chi connectivity index (χ4n) is 1.76. The second-order valence-corrected chi connectivity index (χ2v) is 4.09. The molecule has 0 fully saturated rings. The highest BCUT2D eigenvalue weighted by Gasteiger charge is 2.00. The Kier molecular flexibility index (Phi) is 3.65. The molecule has 0 bridgehead atoms. The number of imidazole rings is 1. The van der Waals surface area contributed by atoms with Gasteiger partial charge in [0.05, 0.1) is 0 Å². The minimum absolute atomic E-state index is 0.834. The summed E-state index contributed by atoms with van der Waals surface area (Å²) in [5.41, 5.74) is 8.91. The average Bonchev–Trinajstić information content (AvgIpc) is 2.83. The van der Waals surface area contributed by atoms with Crippen LogP contribution in [0.4, 0.5) is 11.4 Å². The maximum Gasteiger partial charge on any atom is 0.106 e. The van der Waals surface area contributed by atoms with Crippen LogP contribution in [0.1, 0.15) is 17.8 Å². The summed E-state index contributed by atoms with van der Waals surface area (Å²) in [6.45, 7) is 2.95. The Balaban J connectivity index is 1.80. The van der Waals surface area contributed by atoms with Crippen molar-refractivity contribution in [1.82, 2.24) is 9.97 Å². The van der Waals surface area contributed by atoms with Crippen LogP contribution >= 0.6 is 0 Å². The van der Waals surface area contributed by atoms with Gasteiger partial charge >= 0.3 is 0 Å². The molecule has 4 heteroatoms. The fraction of sp³-hybridized carbons (Fsp3) is 0.308. The molecule has 90 valence electrons. The average molecular weight is 230 g/mol. The maximum atomic E-state index is 5.85. The zero-order chi connectivity index (χ0) is 12.1. The molecule has 0 radical (unpaired) electrons. The molecule has 0 aliphatic rings. The number of rotatable bonds is 5. The molecule has 17 heavy (non-hydrogen) atoms. The van der Waals surface area contributed by atoms with Crippen molar-refractivity contribution in [3.05, 3.63) is 42.0 Å². The van der Waals surface area contributed by atoms with E-state index in [-0.39, 0.29) is 0 Å². The molecule has 0 aliphatic heterocycles. The van der Waals surface area contributed by atoms with Gasteiger partial charge in [-0.05, 0) is 31.0 Å². The number of nitrogens with two attached hydrogens (primary N) is 1. The Morgan fingerprint density at radius 2 is 2.29 bits per heavy atom. The van der Waals surface area contributed by atoms with Crippen LogP contribution < -0.4 is 11.1 Å². The van der Waals surface area contributed by atoms with Crippen LogP contribution in [0, 0.1) is 6.92 Å². The van der Waals surface area contributed by atoms with Gasteiger partial charge in [-0.3, -0.25) is 0 Å². The number of aryl methyl sites for hydroxylation is 1. The lowest BCUT2D eigenvalue weighted by molar-refractivity contribution is 0.816. The SMILES string of the molecule is Cc1c(N)cccc1NCCCc1ncc[nH]1. The van der Waals surface area contributed by atoms with Gasteiger partial charge in [0.25, 0.3) is 0 Å². The van der Waals surface area contributed by atoms with Gasteiger partial charge in [0.1, 0.15) is 5.82 Å². The molecule has 0 saturated heterocycles. The Labute approximate surface area is 101 Å². The van der Waals surface area contributed by atoms with Crippen molar-refractivity contribution in [2.75, 3.05) is 17.6 Å². The Hall–Kier alpha value is -1.97. The molecule has 2 aromatic rings. The number of anilines is 2. The van der Waals surface area contributed by atoms with Crippen LogP contribution in [0.2, 0.25) is 0 Å². The van der Waals surface area contributed by atoms with Gasteiger partial charge in [0.15, 0.2) is 0 Å². The smallest absolute Gasteiger partial charge is 0.106 e. The van der Waals surface area contributed by atoms with E-state index in [9.17, 15) is 0 Å². The number of aromatic amines is 1. The van der Waals surface area contributed by atoms with Crippen molar-refractivity contribution in [2.45, 2.75) is 19.8 Å². The van der Waals surface area contributed by atoms with E-state index < -0.39 is 0 Å². The maximum absolute atomic E-state index is 5.85. The number of nitrogens with zero attached hydrogens (tertiary/aromatic N) is 1. The second kappa shape index (κ2) is 5.39. The van der Waals surface area contributed by atoms with Crippen LogP contribution in [-0.4, -0.2) is 16.5 Å². The summed E-state index contributed by atoms with van der Waals surface area (Å²) in [4.78, 5) is 7.29. The standard InChI is InChI=1S/C13H18N4/c1-10-11(14)4-2-5-12(10)15-7-3-6-13-16-8-9-17-13/h2,4-5,8-9,15H,3,6-7,14H2,1H3,(H,16,17). The lowest BCUT2D eigenvalue weighted by Gasteiger charge is -2.10. The number of nitrogens with one attached hydrogen (secondary N) is 2. The van der Waals surface area contributed by atoms with Gasteiger partial charge in [-0.2, -0.15) is 0 Å². The van der Waals surface area contributed by atoms with E-state index in [0.29, 0.717) is 0 Å². The summed E-state index contributed by atoms with van der Waals surface area (Å²) in [5, 5.41) is 3.39. The first-order chi connectivity index (χ1) is 8.27. The summed E-state index contributed by atoms with van der Waals surface area (Å²) in [6, 6.07) is 5.94. The molecular weight excluding hydrogens is 212 g/mol. The van der Waals surface area contributed by atoms with Crippen LogP contribution in [0.15, 0.2) is 30.6 Å². The molecule has 4 nitrogen and oxygen atoms in total. The number of hydrogen-bond acceptors (Lipinski definition) is 3. The van der Waals surface area contributed by atoms with E-state index in [2.05, 4.69) is 21.4 Å². The van der Waals surface area contributed by atoms with Gasteiger partial charge < -0.3 is 16.0 Å². The van der Waals surface area contributed by atoms with Gasteiger partial charge in [0, 0.05) is 36.7 Å². The Morgan fingerprint density at radius 1 is 1.41 bits per heavy atom. The van der Waals surface area contributed by atoms with Gasteiger partial charge in [-0.15, -0.1) is 0 Å². The van der Waals surface area contributed by atoms with Crippen LogP contribution in [0.5, 0.6) is 0 Å². The topological polar surface area (TPSA) is 66.7 Å². The first-order valence-corrected chi connectivity index (χ1v) is 5.84. The molecule has 1 aromatic carbocycles. The van der Waals surface area contributed by atoms with Crippen LogP contribution in [-0.2, 0) is 6.42 Å². The highest BCUT2D eigenvalue weighted by Crippen LogP contribution is 2.20. The lowest BCUT2D eigenvalue weighted by atomic mass is 10.1. The normalized spacial score (nSPS) is 10.4. The third kappa shape index (κ3) is 3.00. The fourth-order valence-corrected chi connectivity index (χ4v) is 1.76. The van der Waals surface area contributed by atoms with Gasteiger partial charge in [-0.25, -0.2) is 4.98 Å². The number of hydrogen-bond donors (Lipinski definition) is 3. The number of nitrogen functional groups attached to an aromatic ring is 1. The first kappa shape index (κ1) is 11.5. The van der Waals surface area contributed by atoms with E-state index >= 15 is 0 Å². The summed E-state index contributed by atoms with van der Waals surface area (Å²) >= 11 is 0. The van der Waals surface area contributed by atoms with Crippen LogP contribution in [0.3, 0.4) is 0 Å². The molecule has 0 unspecified atom stereocenters. The van der Waals surface area contributed by atoms with Crippen molar-refractivity contribution < 1.29 is 0 Å². The van der Waals surface area contributed by atoms with E-state index in [1.807, 2.05) is 25.3 Å². The second-order valence-electron chi connectivity index (χ2n) is 4.09. The molecule has 0 amide bonds. The van der Waals surface area contributed by atoms with E-state index in [1.165, 1.54) is 0 Å². The van der Waals surface area contributed by atoms with Crippen molar-refractivity contribution in [3.8, 4) is 0 Å². The molecule has 0 saturated carbocycles. The quantitative estimate of drug-likeness (QED) is 0.545. The zero-order valence-electron chi connectivity index (χ0n) is 10.0. The predicted octanol–water partition coefficient (Wildman–Crippen LogP) is 2.35. The monoisotopic (exact) mass is 230 g/mol. The minimum atomic E-state index is 0.834. The summed E-state index contributed by atoms with van der Waals surface area (Å²) in [5.74, 6) is 1.04. The minimum Gasteiger partial charge on any atom is -0.398 e. The Morgan fingerprint density at radius 3 is 3.06 bits per heavy atom. The van der Waals surface area contributed by atoms with Crippen LogP contribution in [0.25, 0.3) is 0 Å². The van der Waals surface area contributed by atoms with Gasteiger partial charge in [0.2, 0.25) is 0 Å². The van der Waals surface area contributed by atoms with Gasteiger partial charge in [-0.1, -0.05) is 6.07 Å². The molecule has 2 rings (SSSR count). The number of aromatic nitrogens is 2. The molecule has 0 spiro atoms. The van der Waals surface area contributed by atoms with Crippen molar-refractivity contribution in [1.29, 1.82) is 0 Å². The third-order valence-corrected chi connectivity index (χ3v) is 2.84. The van der Waals surface area contributed by atoms with Crippen molar-refractivity contribution >= 4 is 11.4 Å². The summed E-state index contributed by atoms with van der Waals surface area (Å²) < 4.78 is 0. The van der Waals surface area contributed by atoms with E-state index in [4.69, 9.17) is 5.73 Å². The molecule has 1 aromatic heterocycles. The Bertz CT molecular complexity index is 462. The summed E-state index contributed by atoms with van der Waals surface area (Å²) in [6.07, 6.45) is 5.64. The zero-order valence-corrected chi connectivity index (χ0v) is 10.0. The summed E-state index contributed by atoms with van der Waals surface area (Å²) in [7, 11) is 0. The third-order valence-electron chi connectivity index (χ3n) is 2.84. The highest BCUT2D eigenvalue weighted by atomic mass is 14.9. The first-order valence-electron chi connectivity index (χ1n) is 5.84. The highest BCUT2D eigenvalue weighted by molar-refractivity contribution is 5.62. The molecular formula is C13H18N4.